The molecule has 1 aromatic rings. The van der Waals surface area contributed by atoms with Gasteiger partial charge >= 0.3 is 0 Å². The third-order valence-corrected chi connectivity index (χ3v) is 2.68. The van der Waals surface area contributed by atoms with E-state index >= 15 is 0 Å². The first-order valence-corrected chi connectivity index (χ1v) is 5.92. The minimum absolute atomic E-state index is 0.0287. The molecule has 2 rings (SSSR count). The predicted molar refractivity (Wildman–Crippen MR) is 66.6 cm³/mol. The molecular weight excluding hydrogens is 220 g/mol. The number of nitrogens with one attached hydrogen (secondary N) is 2. The van der Waals surface area contributed by atoms with Gasteiger partial charge in [-0.25, -0.2) is 4.98 Å². The fourth-order valence-corrected chi connectivity index (χ4v) is 1.88. The lowest BCUT2D eigenvalue weighted by molar-refractivity contribution is 0.251. The monoisotopic (exact) mass is 240 g/mol. The highest BCUT2D eigenvalue weighted by molar-refractivity contribution is 5.20. The van der Waals surface area contributed by atoms with Gasteiger partial charge < -0.3 is 16.2 Å². The Labute approximate surface area is 100 Å². The van der Waals surface area contributed by atoms with Gasteiger partial charge in [-0.05, 0) is 12.8 Å². The van der Waals surface area contributed by atoms with Crippen LogP contribution in [0.15, 0.2) is 11.0 Å². The summed E-state index contributed by atoms with van der Waals surface area (Å²) < 4.78 is 0. The minimum atomic E-state index is -0.210. The van der Waals surface area contributed by atoms with Crippen LogP contribution in [-0.2, 0) is 0 Å². The molecule has 0 aliphatic carbocycles. The van der Waals surface area contributed by atoms with Gasteiger partial charge in [-0.3, -0.25) is 9.78 Å². The van der Waals surface area contributed by atoms with Gasteiger partial charge in [0.05, 0.1) is 12.2 Å². The first kappa shape index (κ1) is 13.7. The van der Waals surface area contributed by atoms with Crippen LogP contribution in [0.4, 0.5) is 5.95 Å². The summed E-state index contributed by atoms with van der Waals surface area (Å²) in [6.45, 7) is 4.09. The highest BCUT2D eigenvalue weighted by Crippen LogP contribution is 2.23. The fourth-order valence-electron chi connectivity index (χ4n) is 1.88. The average Bonchev–Trinajstić information content (AvgIpc) is 2.80. The molecule has 2 atom stereocenters. The zero-order valence-electron chi connectivity index (χ0n) is 10.2. The molecule has 6 nitrogen and oxygen atoms in total. The molecule has 0 saturated carbocycles. The van der Waals surface area contributed by atoms with E-state index in [0.717, 1.165) is 12.8 Å². The van der Waals surface area contributed by atoms with Gasteiger partial charge in [0.2, 0.25) is 0 Å². The Bertz CT molecular complexity index is 405. The van der Waals surface area contributed by atoms with Gasteiger partial charge in [0.25, 0.3) is 5.56 Å². The van der Waals surface area contributed by atoms with Crippen LogP contribution in [0.25, 0.3) is 0 Å². The molecule has 0 amide bonds. The normalized spacial score (nSPS) is 23.0. The van der Waals surface area contributed by atoms with Crippen molar-refractivity contribution in [2.24, 2.45) is 0 Å². The summed E-state index contributed by atoms with van der Waals surface area (Å²) in [5.74, 6) is 0.125. The molecule has 5 N–H and O–H groups in total. The third-order valence-electron chi connectivity index (χ3n) is 2.68. The molecular formula is C11H20N4O2. The van der Waals surface area contributed by atoms with E-state index in [0.29, 0.717) is 5.56 Å². The van der Waals surface area contributed by atoms with E-state index in [1.807, 2.05) is 13.8 Å². The summed E-state index contributed by atoms with van der Waals surface area (Å²) in [5, 5.41) is 12.1. The second kappa shape index (κ2) is 6.36. The Morgan fingerprint density at radius 3 is 2.76 bits per heavy atom. The number of aliphatic hydroxyl groups excluding tert-OH is 1. The van der Waals surface area contributed by atoms with E-state index in [4.69, 9.17) is 10.8 Å². The molecule has 6 heteroatoms. The van der Waals surface area contributed by atoms with Crippen LogP contribution in [0.1, 0.15) is 38.3 Å². The number of rotatable bonds is 2. The van der Waals surface area contributed by atoms with Crippen LogP contribution >= 0.6 is 0 Å². The van der Waals surface area contributed by atoms with Gasteiger partial charge in [-0.15, -0.1) is 0 Å². The summed E-state index contributed by atoms with van der Waals surface area (Å²) in [7, 11) is 0. The predicted octanol–water partition coefficient (Wildman–Crippen LogP) is 0.164. The van der Waals surface area contributed by atoms with Crippen molar-refractivity contribution in [1.82, 2.24) is 15.3 Å². The maximum Gasteiger partial charge on any atom is 0.257 e. The number of H-pyrrole nitrogens is 1. The number of hydrogen-bond donors (Lipinski definition) is 4. The third kappa shape index (κ3) is 3.28. The standard InChI is InChI=1S/C9H14N4O2.C2H6/c10-9-11-3-6(8(15)13-9)7-2-1-5(4-14)12-7;1-2/h3,5,7,12,14H,1-2,4H2,(H3,10,11,13,15);1-2H3. The molecule has 2 heterocycles. The smallest absolute Gasteiger partial charge is 0.257 e. The Morgan fingerprint density at radius 2 is 2.24 bits per heavy atom. The Morgan fingerprint density at radius 1 is 1.53 bits per heavy atom. The molecule has 1 aromatic heterocycles. The van der Waals surface area contributed by atoms with Gasteiger partial charge in [0, 0.05) is 18.3 Å². The summed E-state index contributed by atoms with van der Waals surface area (Å²) in [4.78, 5) is 17.9. The summed E-state index contributed by atoms with van der Waals surface area (Å²) in [6, 6.07) is 0.0472. The van der Waals surface area contributed by atoms with E-state index in [9.17, 15) is 4.79 Å². The number of nitrogens with two attached hydrogens (primary N) is 1. The number of nitrogen functional groups attached to an aromatic ring is 1. The van der Waals surface area contributed by atoms with Crippen LogP contribution in [0.3, 0.4) is 0 Å². The van der Waals surface area contributed by atoms with Crippen LogP contribution in [-0.4, -0.2) is 27.7 Å². The molecule has 2 unspecified atom stereocenters. The number of aromatic amines is 1. The van der Waals surface area contributed by atoms with Crippen molar-refractivity contribution < 1.29 is 5.11 Å². The highest BCUT2D eigenvalue weighted by Gasteiger charge is 2.26. The van der Waals surface area contributed by atoms with Gasteiger partial charge in [-0.1, -0.05) is 13.8 Å². The van der Waals surface area contributed by atoms with E-state index in [-0.39, 0.29) is 30.2 Å². The molecule has 1 fully saturated rings. The van der Waals surface area contributed by atoms with Crippen LogP contribution in [0.2, 0.25) is 0 Å². The molecule has 1 aliphatic heterocycles. The summed E-state index contributed by atoms with van der Waals surface area (Å²) in [5.41, 5.74) is 5.73. The number of aliphatic hydroxyl groups is 1. The van der Waals surface area contributed by atoms with E-state index in [1.165, 1.54) is 6.20 Å². The first-order valence-electron chi connectivity index (χ1n) is 5.92. The molecule has 1 aliphatic rings. The van der Waals surface area contributed by atoms with Crippen molar-refractivity contribution in [1.29, 1.82) is 0 Å². The van der Waals surface area contributed by atoms with Gasteiger partial charge in [-0.2, -0.15) is 0 Å². The van der Waals surface area contributed by atoms with E-state index in [2.05, 4.69) is 15.3 Å². The van der Waals surface area contributed by atoms with Crippen molar-refractivity contribution in [3.63, 3.8) is 0 Å². The van der Waals surface area contributed by atoms with Gasteiger partial charge in [0.15, 0.2) is 5.95 Å². The van der Waals surface area contributed by atoms with Gasteiger partial charge in [0.1, 0.15) is 0 Å². The second-order valence-electron chi connectivity index (χ2n) is 3.73. The first-order chi connectivity index (χ1) is 8.20. The van der Waals surface area contributed by atoms with Crippen LogP contribution < -0.4 is 16.6 Å². The molecule has 1 saturated heterocycles. The molecule has 0 spiro atoms. The van der Waals surface area contributed by atoms with Crippen molar-refractivity contribution in [2.45, 2.75) is 38.8 Å². The molecule has 0 aromatic carbocycles. The van der Waals surface area contributed by atoms with Crippen LogP contribution in [0.5, 0.6) is 0 Å². The molecule has 96 valence electrons. The lowest BCUT2D eigenvalue weighted by atomic mass is 10.1. The maximum absolute atomic E-state index is 11.5. The topological polar surface area (TPSA) is 104 Å². The largest absolute Gasteiger partial charge is 0.395 e. The Kier molecular flexibility index (Phi) is 5.11. The lowest BCUT2D eigenvalue weighted by Crippen LogP contribution is -2.30. The van der Waals surface area contributed by atoms with E-state index in [1.54, 1.807) is 0 Å². The number of hydrogen-bond acceptors (Lipinski definition) is 5. The number of nitrogens with zero attached hydrogens (tertiary/aromatic N) is 1. The minimum Gasteiger partial charge on any atom is -0.395 e. The van der Waals surface area contributed by atoms with Crippen molar-refractivity contribution in [3.8, 4) is 0 Å². The Balaban J connectivity index is 0.000000686. The van der Waals surface area contributed by atoms with Crippen molar-refractivity contribution in [2.75, 3.05) is 12.3 Å². The second-order valence-corrected chi connectivity index (χ2v) is 3.73. The fraction of sp³-hybridized carbons (Fsp3) is 0.636. The molecule has 0 radical (unpaired) electrons. The maximum atomic E-state index is 11.5. The summed E-state index contributed by atoms with van der Waals surface area (Å²) in [6.07, 6.45) is 3.19. The Hall–Kier alpha value is -1.40. The quantitative estimate of drug-likeness (QED) is 0.589. The lowest BCUT2D eigenvalue weighted by Gasteiger charge is -2.11. The highest BCUT2D eigenvalue weighted by atomic mass is 16.3. The molecule has 17 heavy (non-hydrogen) atoms. The number of aromatic nitrogens is 2. The zero-order chi connectivity index (χ0) is 12.8. The van der Waals surface area contributed by atoms with Crippen molar-refractivity contribution in [3.05, 3.63) is 22.1 Å². The van der Waals surface area contributed by atoms with Crippen LogP contribution in [0, 0.1) is 0 Å². The zero-order valence-corrected chi connectivity index (χ0v) is 10.2. The van der Waals surface area contributed by atoms with E-state index < -0.39 is 0 Å². The van der Waals surface area contributed by atoms with Crippen molar-refractivity contribution >= 4 is 5.95 Å². The number of anilines is 1. The average molecular weight is 240 g/mol. The molecule has 0 bridgehead atoms. The SMILES string of the molecule is CC.Nc1ncc(C2CCC(CO)N2)c(=O)[nH]1. The summed E-state index contributed by atoms with van der Waals surface area (Å²) >= 11 is 0.